The predicted octanol–water partition coefficient (Wildman–Crippen LogP) is 0.634. The molecule has 1 heterocycles. The topological polar surface area (TPSA) is 82.5 Å². The average Bonchev–Trinajstić information content (AvgIpc) is 2.48. The van der Waals surface area contributed by atoms with Crippen molar-refractivity contribution < 1.29 is 15.0 Å². The fourth-order valence-electron chi connectivity index (χ4n) is 0.688. The second-order valence-corrected chi connectivity index (χ2v) is 3.43. The van der Waals surface area contributed by atoms with E-state index in [4.69, 9.17) is 10.2 Å². The minimum Gasteiger partial charge on any atom is -0.476 e. The Kier molecular flexibility index (Phi) is 3.21. The highest BCUT2D eigenvalue weighted by molar-refractivity contribution is 7.13. The van der Waals surface area contributed by atoms with Gasteiger partial charge in [0, 0.05) is 11.9 Å². The lowest BCUT2D eigenvalue weighted by atomic mass is 10.4. The van der Waals surface area contributed by atoms with Gasteiger partial charge >= 0.3 is 5.97 Å². The highest BCUT2D eigenvalue weighted by Gasteiger charge is 2.08. The molecule has 0 spiro atoms. The molecule has 72 valence electrons. The summed E-state index contributed by atoms with van der Waals surface area (Å²) < 4.78 is 0. The molecular weight excluding hydrogens is 192 g/mol. The highest BCUT2D eigenvalue weighted by atomic mass is 32.1. The lowest BCUT2D eigenvalue weighted by Crippen LogP contribution is -2.15. The van der Waals surface area contributed by atoms with Gasteiger partial charge < -0.3 is 15.5 Å². The van der Waals surface area contributed by atoms with Crippen LogP contribution in [0.3, 0.4) is 0 Å². The lowest BCUT2D eigenvalue weighted by Gasteiger charge is -2.03. The number of aliphatic hydroxyl groups excluding tert-OH is 1. The summed E-state index contributed by atoms with van der Waals surface area (Å²) in [5.41, 5.74) is 0.0260. The smallest absolute Gasteiger partial charge is 0.355 e. The molecule has 0 aliphatic heterocycles. The Bertz CT molecular complexity index is 298. The van der Waals surface area contributed by atoms with E-state index in [0.717, 1.165) is 0 Å². The summed E-state index contributed by atoms with van der Waals surface area (Å²) >= 11 is 1.21. The molecule has 0 aliphatic rings. The number of carboxylic acid groups (broad SMARTS) is 1. The number of nitrogens with zero attached hydrogens (tertiary/aromatic N) is 1. The number of hydrogen-bond donors (Lipinski definition) is 3. The van der Waals surface area contributed by atoms with Crippen LogP contribution in [-0.2, 0) is 0 Å². The van der Waals surface area contributed by atoms with E-state index in [9.17, 15) is 4.79 Å². The summed E-state index contributed by atoms with van der Waals surface area (Å²) in [6.07, 6.45) is -0.475. The second-order valence-electron chi connectivity index (χ2n) is 2.57. The van der Waals surface area contributed by atoms with Crippen molar-refractivity contribution in [3.63, 3.8) is 0 Å². The molecular formula is C7H10N2O3S. The first-order chi connectivity index (χ1) is 6.09. The monoisotopic (exact) mass is 202 g/mol. The summed E-state index contributed by atoms with van der Waals surface area (Å²) in [5, 5.41) is 22.2. The summed E-state index contributed by atoms with van der Waals surface area (Å²) in [5.74, 6) is -1.04. The minimum absolute atomic E-state index is 0.0260. The van der Waals surface area contributed by atoms with E-state index in [1.165, 1.54) is 16.7 Å². The molecule has 0 aromatic carbocycles. The first kappa shape index (κ1) is 9.94. The van der Waals surface area contributed by atoms with Gasteiger partial charge in [-0.05, 0) is 6.92 Å². The SMILES string of the molecule is CC(O)CNc1nc(C(=O)O)cs1. The first-order valence-corrected chi connectivity index (χ1v) is 4.58. The van der Waals surface area contributed by atoms with Crippen molar-refractivity contribution in [1.29, 1.82) is 0 Å². The van der Waals surface area contributed by atoms with E-state index in [1.54, 1.807) is 6.92 Å². The molecule has 0 saturated carbocycles. The van der Waals surface area contributed by atoms with E-state index in [1.807, 2.05) is 0 Å². The van der Waals surface area contributed by atoms with Gasteiger partial charge in [0.05, 0.1) is 6.10 Å². The van der Waals surface area contributed by atoms with Gasteiger partial charge in [-0.3, -0.25) is 0 Å². The number of anilines is 1. The van der Waals surface area contributed by atoms with Gasteiger partial charge in [-0.25, -0.2) is 9.78 Å². The maximum Gasteiger partial charge on any atom is 0.355 e. The molecule has 0 bridgehead atoms. The number of aromatic carboxylic acids is 1. The number of aliphatic hydroxyl groups is 1. The molecule has 1 unspecified atom stereocenters. The Labute approximate surface area is 79.1 Å². The molecule has 0 radical (unpaired) electrons. The first-order valence-electron chi connectivity index (χ1n) is 3.70. The summed E-state index contributed by atoms with van der Waals surface area (Å²) in [4.78, 5) is 14.2. The maximum absolute atomic E-state index is 10.4. The van der Waals surface area contributed by atoms with Crippen molar-refractivity contribution in [2.75, 3.05) is 11.9 Å². The molecule has 5 nitrogen and oxygen atoms in total. The maximum atomic E-state index is 10.4. The van der Waals surface area contributed by atoms with Crippen LogP contribution in [0.1, 0.15) is 17.4 Å². The summed E-state index contributed by atoms with van der Waals surface area (Å²) in [6.45, 7) is 2.01. The van der Waals surface area contributed by atoms with Gasteiger partial charge in [0.25, 0.3) is 0 Å². The Morgan fingerprint density at radius 1 is 1.85 bits per heavy atom. The van der Waals surface area contributed by atoms with Gasteiger partial charge in [-0.1, -0.05) is 0 Å². The molecule has 0 fully saturated rings. The van der Waals surface area contributed by atoms with E-state index in [0.29, 0.717) is 11.7 Å². The molecule has 0 aliphatic carbocycles. The third-order valence-electron chi connectivity index (χ3n) is 1.27. The largest absolute Gasteiger partial charge is 0.476 e. The number of carbonyl (C=O) groups is 1. The molecule has 0 amide bonds. The van der Waals surface area contributed by atoms with Crippen LogP contribution in [0.5, 0.6) is 0 Å². The van der Waals surface area contributed by atoms with Crippen molar-refractivity contribution in [2.45, 2.75) is 13.0 Å². The normalized spacial score (nSPS) is 12.5. The molecule has 3 N–H and O–H groups in total. The molecule has 6 heteroatoms. The highest BCUT2D eigenvalue weighted by Crippen LogP contribution is 2.14. The van der Waals surface area contributed by atoms with Crippen LogP contribution in [0, 0.1) is 0 Å². The average molecular weight is 202 g/mol. The molecule has 0 saturated heterocycles. The number of rotatable bonds is 4. The zero-order valence-electron chi connectivity index (χ0n) is 7.02. The molecule has 1 rings (SSSR count). The third kappa shape index (κ3) is 3.00. The van der Waals surface area contributed by atoms with Crippen LogP contribution in [0.25, 0.3) is 0 Å². The molecule has 1 aromatic heterocycles. The Morgan fingerprint density at radius 3 is 3.00 bits per heavy atom. The van der Waals surface area contributed by atoms with E-state index in [2.05, 4.69) is 10.3 Å². The number of hydrogen-bond acceptors (Lipinski definition) is 5. The number of carboxylic acids is 1. The van der Waals surface area contributed by atoms with Gasteiger partial charge in [0.15, 0.2) is 10.8 Å². The number of aromatic nitrogens is 1. The van der Waals surface area contributed by atoms with E-state index >= 15 is 0 Å². The van der Waals surface area contributed by atoms with Crippen LogP contribution < -0.4 is 5.32 Å². The Balaban J connectivity index is 2.54. The van der Waals surface area contributed by atoms with Gasteiger partial charge in [-0.15, -0.1) is 11.3 Å². The van der Waals surface area contributed by atoms with Crippen molar-refractivity contribution in [2.24, 2.45) is 0 Å². The minimum atomic E-state index is -1.04. The fraction of sp³-hybridized carbons (Fsp3) is 0.429. The second kappa shape index (κ2) is 4.20. The van der Waals surface area contributed by atoms with E-state index in [-0.39, 0.29) is 5.69 Å². The van der Waals surface area contributed by atoms with Gasteiger partial charge in [-0.2, -0.15) is 0 Å². The van der Waals surface area contributed by atoms with Crippen LogP contribution in [-0.4, -0.2) is 33.8 Å². The van der Waals surface area contributed by atoms with Crippen LogP contribution in [0.4, 0.5) is 5.13 Å². The number of thiazole rings is 1. The molecule has 1 aromatic rings. The van der Waals surface area contributed by atoms with Crippen molar-refractivity contribution in [3.8, 4) is 0 Å². The summed E-state index contributed by atoms with van der Waals surface area (Å²) in [6, 6.07) is 0. The van der Waals surface area contributed by atoms with Gasteiger partial charge in [0.2, 0.25) is 0 Å². The van der Waals surface area contributed by atoms with Crippen LogP contribution >= 0.6 is 11.3 Å². The number of nitrogens with one attached hydrogen (secondary N) is 1. The van der Waals surface area contributed by atoms with Crippen molar-refractivity contribution >= 4 is 22.4 Å². The third-order valence-corrected chi connectivity index (χ3v) is 2.07. The molecule has 13 heavy (non-hydrogen) atoms. The van der Waals surface area contributed by atoms with Crippen LogP contribution in [0.15, 0.2) is 5.38 Å². The van der Waals surface area contributed by atoms with Crippen molar-refractivity contribution in [1.82, 2.24) is 4.98 Å². The predicted molar refractivity (Wildman–Crippen MR) is 49.2 cm³/mol. The zero-order chi connectivity index (χ0) is 9.84. The zero-order valence-corrected chi connectivity index (χ0v) is 7.84. The standard InChI is InChI=1S/C7H10N2O3S/c1-4(10)2-8-7-9-5(3-13-7)6(11)12/h3-4,10H,2H2,1H3,(H,8,9)(H,11,12). The van der Waals surface area contributed by atoms with Crippen LogP contribution in [0.2, 0.25) is 0 Å². The van der Waals surface area contributed by atoms with Gasteiger partial charge in [0.1, 0.15) is 0 Å². The molecule has 1 atom stereocenters. The summed E-state index contributed by atoms with van der Waals surface area (Å²) in [7, 11) is 0. The Hall–Kier alpha value is -1.14. The van der Waals surface area contributed by atoms with E-state index < -0.39 is 12.1 Å². The Morgan fingerprint density at radius 2 is 2.54 bits per heavy atom. The fourth-order valence-corrected chi connectivity index (χ4v) is 1.38. The van der Waals surface area contributed by atoms with Crippen molar-refractivity contribution in [3.05, 3.63) is 11.1 Å². The quantitative estimate of drug-likeness (QED) is 0.667. The lowest BCUT2D eigenvalue weighted by molar-refractivity contribution is 0.0691.